The van der Waals surface area contributed by atoms with Gasteiger partial charge in [0.2, 0.25) is 0 Å². The van der Waals surface area contributed by atoms with E-state index < -0.39 is 0 Å². The SMILES string of the molecule is N#C/C(=C\C(Cl)=C\c1ccccc1)c1nnc2n1CCCCC2. The monoisotopic (exact) mass is 324 g/mol. The number of hydrogen-bond acceptors (Lipinski definition) is 3. The molecule has 0 bridgehead atoms. The molecule has 1 aromatic heterocycles. The van der Waals surface area contributed by atoms with E-state index in [1.54, 1.807) is 6.08 Å². The van der Waals surface area contributed by atoms with E-state index in [9.17, 15) is 5.26 Å². The van der Waals surface area contributed by atoms with Crippen molar-refractivity contribution in [1.29, 1.82) is 5.26 Å². The number of aromatic nitrogens is 3. The zero-order valence-corrected chi connectivity index (χ0v) is 13.5. The highest BCUT2D eigenvalue weighted by molar-refractivity contribution is 6.33. The van der Waals surface area contributed by atoms with Gasteiger partial charge in [-0.05, 0) is 30.6 Å². The number of hydrogen-bond donors (Lipinski definition) is 0. The molecule has 0 saturated heterocycles. The maximum Gasteiger partial charge on any atom is 0.174 e. The van der Waals surface area contributed by atoms with Crippen LogP contribution in [0.4, 0.5) is 0 Å². The third-order valence-corrected chi connectivity index (χ3v) is 4.08. The van der Waals surface area contributed by atoms with Crippen LogP contribution in [0.2, 0.25) is 0 Å². The Morgan fingerprint density at radius 1 is 1.17 bits per heavy atom. The second kappa shape index (κ2) is 7.26. The van der Waals surface area contributed by atoms with Crippen LogP contribution in [0.15, 0.2) is 41.4 Å². The first-order valence-corrected chi connectivity index (χ1v) is 8.12. The third-order valence-electron chi connectivity index (χ3n) is 3.86. The molecule has 23 heavy (non-hydrogen) atoms. The van der Waals surface area contributed by atoms with E-state index in [0.717, 1.165) is 37.2 Å². The molecule has 0 radical (unpaired) electrons. The van der Waals surface area contributed by atoms with Crippen molar-refractivity contribution in [3.8, 4) is 6.07 Å². The Balaban J connectivity index is 1.93. The summed E-state index contributed by atoms with van der Waals surface area (Å²) in [5, 5.41) is 18.4. The zero-order valence-electron chi connectivity index (χ0n) is 12.7. The highest BCUT2D eigenvalue weighted by Crippen LogP contribution is 2.22. The first-order chi connectivity index (χ1) is 11.3. The predicted octanol–water partition coefficient (Wildman–Crippen LogP) is 4.19. The molecule has 0 fully saturated rings. The quantitative estimate of drug-likeness (QED) is 0.628. The maximum atomic E-state index is 9.50. The Kier molecular flexibility index (Phi) is 4.89. The first kappa shape index (κ1) is 15.5. The lowest BCUT2D eigenvalue weighted by molar-refractivity contribution is 0.627. The number of benzene rings is 1. The van der Waals surface area contributed by atoms with Crippen molar-refractivity contribution in [1.82, 2.24) is 14.8 Å². The average molecular weight is 325 g/mol. The van der Waals surface area contributed by atoms with Crippen LogP contribution in [0.5, 0.6) is 0 Å². The van der Waals surface area contributed by atoms with Gasteiger partial charge in [-0.3, -0.25) is 0 Å². The van der Waals surface area contributed by atoms with Crippen LogP contribution in [-0.4, -0.2) is 14.8 Å². The van der Waals surface area contributed by atoms with Gasteiger partial charge >= 0.3 is 0 Å². The normalized spacial score (nSPS) is 15.7. The zero-order chi connectivity index (χ0) is 16.1. The number of rotatable bonds is 3. The van der Waals surface area contributed by atoms with Gasteiger partial charge in [-0.15, -0.1) is 10.2 Å². The summed E-state index contributed by atoms with van der Waals surface area (Å²) in [5.41, 5.74) is 1.44. The molecule has 1 aliphatic heterocycles. The van der Waals surface area contributed by atoms with Gasteiger partial charge in [0.05, 0.1) is 5.57 Å². The summed E-state index contributed by atoms with van der Waals surface area (Å²) in [6.07, 6.45) is 7.81. The van der Waals surface area contributed by atoms with Crippen LogP contribution >= 0.6 is 11.6 Å². The lowest BCUT2D eigenvalue weighted by Gasteiger charge is -2.05. The molecule has 0 N–H and O–H groups in total. The van der Waals surface area contributed by atoms with Gasteiger partial charge in [0.25, 0.3) is 0 Å². The van der Waals surface area contributed by atoms with Crippen molar-refractivity contribution in [3.63, 3.8) is 0 Å². The molecule has 5 heteroatoms. The van der Waals surface area contributed by atoms with Gasteiger partial charge in [0, 0.05) is 18.0 Å². The predicted molar refractivity (Wildman–Crippen MR) is 91.4 cm³/mol. The smallest absolute Gasteiger partial charge is 0.174 e. The molecule has 116 valence electrons. The minimum atomic E-state index is 0.447. The summed E-state index contributed by atoms with van der Waals surface area (Å²) < 4.78 is 2.05. The highest BCUT2D eigenvalue weighted by Gasteiger charge is 2.17. The lowest BCUT2D eigenvalue weighted by atomic mass is 10.2. The van der Waals surface area contributed by atoms with Crippen LogP contribution in [0.3, 0.4) is 0 Å². The number of aryl methyl sites for hydroxylation is 1. The number of nitriles is 1. The Labute approximate surface area is 140 Å². The Bertz CT molecular complexity index is 781. The largest absolute Gasteiger partial charge is 0.310 e. The van der Waals surface area contributed by atoms with E-state index in [2.05, 4.69) is 20.8 Å². The van der Waals surface area contributed by atoms with Crippen molar-refractivity contribution in [2.45, 2.75) is 32.2 Å². The standard InChI is InChI=1S/C18H17ClN4/c19-16(11-14-7-3-1-4-8-14)12-15(13-20)18-22-21-17-9-5-2-6-10-23(17)18/h1,3-4,7-8,11-12H,2,5-6,9-10H2/b15-12+,16-11-. The fraction of sp³-hybridized carbons (Fsp3) is 0.278. The van der Waals surface area contributed by atoms with Crippen molar-refractivity contribution in [2.24, 2.45) is 0 Å². The Morgan fingerprint density at radius 2 is 2.00 bits per heavy atom. The molecule has 0 unspecified atom stereocenters. The van der Waals surface area contributed by atoms with Crippen LogP contribution in [-0.2, 0) is 13.0 Å². The maximum absolute atomic E-state index is 9.50. The van der Waals surface area contributed by atoms with E-state index in [1.165, 1.54) is 6.42 Å². The van der Waals surface area contributed by atoms with Gasteiger partial charge in [0.1, 0.15) is 11.9 Å². The molecule has 0 saturated carbocycles. The van der Waals surface area contributed by atoms with Gasteiger partial charge in [-0.1, -0.05) is 48.4 Å². The van der Waals surface area contributed by atoms with Crippen molar-refractivity contribution < 1.29 is 0 Å². The number of nitrogens with zero attached hydrogens (tertiary/aromatic N) is 4. The average Bonchev–Trinajstić information content (AvgIpc) is 2.82. The number of allylic oxidation sites excluding steroid dienone is 3. The summed E-state index contributed by atoms with van der Waals surface area (Å²) in [6.45, 7) is 0.858. The Morgan fingerprint density at radius 3 is 2.78 bits per heavy atom. The summed E-state index contributed by atoms with van der Waals surface area (Å²) in [6, 6.07) is 12.0. The van der Waals surface area contributed by atoms with Gasteiger partial charge < -0.3 is 4.57 Å². The molecule has 2 heterocycles. The summed E-state index contributed by atoms with van der Waals surface area (Å²) in [7, 11) is 0. The molecule has 4 nitrogen and oxygen atoms in total. The van der Waals surface area contributed by atoms with E-state index >= 15 is 0 Å². The number of halogens is 1. The van der Waals surface area contributed by atoms with E-state index in [1.807, 2.05) is 36.4 Å². The fourth-order valence-corrected chi connectivity index (χ4v) is 2.95. The molecule has 2 aromatic rings. The second-order valence-corrected chi connectivity index (χ2v) is 5.95. The highest BCUT2D eigenvalue weighted by atomic mass is 35.5. The van der Waals surface area contributed by atoms with E-state index in [-0.39, 0.29) is 0 Å². The van der Waals surface area contributed by atoms with Crippen LogP contribution in [0.1, 0.15) is 36.5 Å². The summed E-state index contributed by atoms with van der Waals surface area (Å²) >= 11 is 6.30. The fourth-order valence-electron chi connectivity index (χ4n) is 2.72. The Hall–Kier alpha value is -2.38. The molecular formula is C18H17ClN4. The number of fused-ring (bicyclic) bond motifs is 1. The second-order valence-electron chi connectivity index (χ2n) is 5.51. The summed E-state index contributed by atoms with van der Waals surface area (Å²) in [4.78, 5) is 0. The van der Waals surface area contributed by atoms with Crippen LogP contribution < -0.4 is 0 Å². The summed E-state index contributed by atoms with van der Waals surface area (Å²) in [5.74, 6) is 1.57. The van der Waals surface area contributed by atoms with E-state index in [0.29, 0.717) is 16.4 Å². The molecule has 1 aromatic carbocycles. The minimum absolute atomic E-state index is 0.447. The van der Waals surface area contributed by atoms with Gasteiger partial charge in [-0.2, -0.15) is 5.26 Å². The molecule has 0 spiro atoms. The topological polar surface area (TPSA) is 54.5 Å². The first-order valence-electron chi connectivity index (χ1n) is 7.74. The van der Waals surface area contributed by atoms with Crippen molar-refractivity contribution in [2.75, 3.05) is 0 Å². The third kappa shape index (κ3) is 3.69. The van der Waals surface area contributed by atoms with Gasteiger partial charge in [0.15, 0.2) is 5.82 Å². The minimum Gasteiger partial charge on any atom is -0.310 e. The van der Waals surface area contributed by atoms with Gasteiger partial charge in [-0.25, -0.2) is 0 Å². The van der Waals surface area contributed by atoms with Crippen molar-refractivity contribution in [3.05, 3.63) is 58.7 Å². The molecule has 3 rings (SSSR count). The molecule has 1 aliphatic rings. The van der Waals surface area contributed by atoms with Crippen LogP contribution in [0.25, 0.3) is 11.6 Å². The molecule has 0 atom stereocenters. The molecular weight excluding hydrogens is 308 g/mol. The van der Waals surface area contributed by atoms with E-state index in [4.69, 9.17) is 11.6 Å². The van der Waals surface area contributed by atoms with Crippen molar-refractivity contribution >= 4 is 23.3 Å². The molecule has 0 amide bonds. The molecule has 0 aliphatic carbocycles. The lowest BCUT2D eigenvalue weighted by Crippen LogP contribution is -2.05. The van der Waals surface area contributed by atoms with Crippen LogP contribution in [0, 0.1) is 11.3 Å².